The molecule has 112 valence electrons. The van der Waals surface area contributed by atoms with Gasteiger partial charge in [0.15, 0.2) is 0 Å². The SMILES string of the molecule is CNCc1cc(S(=O)(=O)NC(C2CC2)C2CC2)cn1C. The fourth-order valence-corrected chi connectivity index (χ4v) is 4.28. The summed E-state index contributed by atoms with van der Waals surface area (Å²) in [7, 11) is 0.349. The Hall–Kier alpha value is -0.850. The normalized spacial score (nSPS) is 19.8. The minimum absolute atomic E-state index is 0.160. The lowest BCUT2D eigenvalue weighted by Crippen LogP contribution is -2.37. The van der Waals surface area contributed by atoms with Gasteiger partial charge in [0.25, 0.3) is 0 Å². The Kier molecular flexibility index (Phi) is 3.64. The molecule has 0 bridgehead atoms. The largest absolute Gasteiger partial charge is 0.352 e. The van der Waals surface area contributed by atoms with Crippen LogP contribution in [0.2, 0.25) is 0 Å². The van der Waals surface area contributed by atoms with Crippen molar-refractivity contribution in [2.75, 3.05) is 7.05 Å². The summed E-state index contributed by atoms with van der Waals surface area (Å²) in [5.41, 5.74) is 0.974. The summed E-state index contributed by atoms with van der Waals surface area (Å²) in [4.78, 5) is 0.386. The maximum atomic E-state index is 12.5. The van der Waals surface area contributed by atoms with Crippen LogP contribution in [0.4, 0.5) is 0 Å². The van der Waals surface area contributed by atoms with Crippen LogP contribution in [0.3, 0.4) is 0 Å². The zero-order valence-electron chi connectivity index (χ0n) is 12.1. The Morgan fingerprint density at radius 1 is 1.30 bits per heavy atom. The van der Waals surface area contributed by atoms with E-state index in [2.05, 4.69) is 10.0 Å². The number of aryl methyl sites for hydroxylation is 1. The van der Waals surface area contributed by atoms with E-state index in [1.54, 1.807) is 12.3 Å². The zero-order valence-corrected chi connectivity index (χ0v) is 12.9. The highest BCUT2D eigenvalue weighted by molar-refractivity contribution is 7.89. The van der Waals surface area contributed by atoms with Gasteiger partial charge in [-0.05, 0) is 50.6 Å². The molecule has 6 heteroatoms. The lowest BCUT2D eigenvalue weighted by atomic mass is 10.1. The first-order chi connectivity index (χ1) is 9.51. The van der Waals surface area contributed by atoms with Gasteiger partial charge in [0.2, 0.25) is 10.0 Å². The number of hydrogen-bond donors (Lipinski definition) is 2. The second-order valence-electron chi connectivity index (χ2n) is 6.13. The highest BCUT2D eigenvalue weighted by Crippen LogP contribution is 2.45. The number of rotatable bonds is 7. The second-order valence-corrected chi connectivity index (χ2v) is 7.84. The van der Waals surface area contributed by atoms with Crippen molar-refractivity contribution >= 4 is 10.0 Å². The summed E-state index contributed by atoms with van der Waals surface area (Å²) >= 11 is 0. The van der Waals surface area contributed by atoms with Gasteiger partial charge < -0.3 is 9.88 Å². The Bertz CT molecular complexity index is 574. The molecule has 2 N–H and O–H groups in total. The van der Waals surface area contributed by atoms with Gasteiger partial charge in [-0.2, -0.15) is 0 Å². The number of sulfonamides is 1. The van der Waals surface area contributed by atoms with Gasteiger partial charge in [-0.3, -0.25) is 0 Å². The van der Waals surface area contributed by atoms with Gasteiger partial charge in [0.1, 0.15) is 0 Å². The molecular weight excluding hydrogens is 274 g/mol. The van der Waals surface area contributed by atoms with E-state index in [1.165, 1.54) is 25.7 Å². The first kappa shape index (κ1) is 14.1. The molecule has 0 aliphatic heterocycles. The predicted octanol–water partition coefficient (Wildman–Crippen LogP) is 1.21. The fraction of sp³-hybridized carbons (Fsp3) is 0.714. The molecule has 20 heavy (non-hydrogen) atoms. The Morgan fingerprint density at radius 3 is 2.40 bits per heavy atom. The van der Waals surface area contributed by atoms with Gasteiger partial charge in [0, 0.05) is 31.5 Å². The van der Waals surface area contributed by atoms with Crippen LogP contribution in [-0.4, -0.2) is 26.1 Å². The first-order valence-corrected chi connectivity index (χ1v) is 8.82. The van der Waals surface area contributed by atoms with Crippen molar-refractivity contribution in [1.29, 1.82) is 0 Å². The van der Waals surface area contributed by atoms with Crippen LogP contribution in [-0.2, 0) is 23.6 Å². The molecule has 1 aromatic heterocycles. The van der Waals surface area contributed by atoms with E-state index in [4.69, 9.17) is 0 Å². The molecule has 3 rings (SSSR count). The van der Waals surface area contributed by atoms with Crippen LogP contribution >= 0.6 is 0 Å². The summed E-state index contributed by atoms with van der Waals surface area (Å²) < 4.78 is 29.9. The Labute approximate surface area is 120 Å². The quantitative estimate of drug-likeness (QED) is 0.795. The van der Waals surface area contributed by atoms with Crippen molar-refractivity contribution in [1.82, 2.24) is 14.6 Å². The van der Waals surface area contributed by atoms with Crippen molar-refractivity contribution in [3.05, 3.63) is 18.0 Å². The fourth-order valence-electron chi connectivity index (χ4n) is 2.82. The van der Waals surface area contributed by atoms with Gasteiger partial charge in [-0.1, -0.05) is 0 Å². The molecule has 2 aliphatic rings. The number of nitrogens with one attached hydrogen (secondary N) is 2. The molecule has 0 saturated heterocycles. The van der Waals surface area contributed by atoms with E-state index < -0.39 is 10.0 Å². The molecule has 5 nitrogen and oxygen atoms in total. The smallest absolute Gasteiger partial charge is 0.242 e. The summed E-state index contributed by atoms with van der Waals surface area (Å²) in [6.07, 6.45) is 6.38. The molecule has 1 heterocycles. The van der Waals surface area contributed by atoms with Gasteiger partial charge >= 0.3 is 0 Å². The number of hydrogen-bond acceptors (Lipinski definition) is 3. The van der Waals surface area contributed by atoms with Gasteiger partial charge in [0.05, 0.1) is 4.90 Å². The minimum Gasteiger partial charge on any atom is -0.352 e. The van der Waals surface area contributed by atoms with E-state index in [0.29, 0.717) is 23.3 Å². The van der Waals surface area contributed by atoms with E-state index in [-0.39, 0.29) is 6.04 Å². The standard InChI is InChI=1S/C14H23N3O2S/c1-15-8-12-7-13(9-17(12)2)20(18,19)16-14(10-3-4-10)11-5-6-11/h7,9-11,14-16H,3-6,8H2,1-2H3. The maximum Gasteiger partial charge on any atom is 0.242 e. The molecule has 0 spiro atoms. The molecule has 0 radical (unpaired) electrons. The van der Waals surface area contributed by atoms with Crippen LogP contribution in [0.5, 0.6) is 0 Å². The molecule has 0 unspecified atom stereocenters. The molecule has 2 aliphatic carbocycles. The summed E-state index contributed by atoms with van der Waals surface area (Å²) in [6.45, 7) is 0.667. The van der Waals surface area contributed by atoms with Gasteiger partial charge in [-0.15, -0.1) is 0 Å². The van der Waals surface area contributed by atoms with Gasteiger partial charge in [-0.25, -0.2) is 13.1 Å². The maximum absolute atomic E-state index is 12.5. The molecule has 0 atom stereocenters. The zero-order chi connectivity index (χ0) is 14.3. The average Bonchev–Trinajstić information content (AvgIpc) is 3.27. The lowest BCUT2D eigenvalue weighted by molar-refractivity contribution is 0.471. The third kappa shape index (κ3) is 2.92. The Balaban J connectivity index is 1.78. The van der Waals surface area contributed by atoms with Crippen LogP contribution in [0.1, 0.15) is 31.4 Å². The molecule has 1 aromatic rings. The predicted molar refractivity (Wildman–Crippen MR) is 77.7 cm³/mol. The second kappa shape index (κ2) is 5.16. The van der Waals surface area contributed by atoms with Crippen LogP contribution in [0.25, 0.3) is 0 Å². The van der Waals surface area contributed by atoms with Crippen LogP contribution in [0.15, 0.2) is 17.2 Å². The summed E-state index contributed by atoms with van der Waals surface area (Å²) in [5, 5.41) is 3.05. The van der Waals surface area contributed by atoms with Crippen molar-refractivity contribution in [2.24, 2.45) is 18.9 Å². The third-order valence-corrected chi connectivity index (χ3v) is 5.73. The van der Waals surface area contributed by atoms with Crippen molar-refractivity contribution in [3.8, 4) is 0 Å². The molecule has 2 saturated carbocycles. The van der Waals surface area contributed by atoms with Crippen molar-refractivity contribution in [3.63, 3.8) is 0 Å². The minimum atomic E-state index is -3.39. The van der Waals surface area contributed by atoms with Crippen LogP contribution in [0, 0.1) is 11.8 Å². The topological polar surface area (TPSA) is 63.1 Å². The van der Waals surface area contributed by atoms with Crippen molar-refractivity contribution in [2.45, 2.75) is 43.2 Å². The molecule has 2 fully saturated rings. The van der Waals surface area contributed by atoms with E-state index in [9.17, 15) is 8.42 Å². The highest BCUT2D eigenvalue weighted by atomic mass is 32.2. The molecular formula is C14H23N3O2S. The number of nitrogens with zero attached hydrogens (tertiary/aromatic N) is 1. The lowest BCUT2D eigenvalue weighted by Gasteiger charge is -2.17. The number of aromatic nitrogens is 1. The van der Waals surface area contributed by atoms with Crippen LogP contribution < -0.4 is 10.0 Å². The third-order valence-electron chi connectivity index (χ3n) is 4.30. The summed E-state index contributed by atoms with van der Waals surface area (Å²) in [5.74, 6) is 1.13. The van der Waals surface area contributed by atoms with E-state index in [1.807, 2.05) is 18.7 Å². The Morgan fingerprint density at radius 2 is 1.90 bits per heavy atom. The monoisotopic (exact) mass is 297 g/mol. The average molecular weight is 297 g/mol. The molecule has 0 amide bonds. The highest BCUT2D eigenvalue weighted by Gasteiger charge is 2.43. The molecule has 0 aromatic carbocycles. The van der Waals surface area contributed by atoms with Crippen molar-refractivity contribution < 1.29 is 8.42 Å². The van der Waals surface area contributed by atoms with E-state index in [0.717, 1.165) is 5.69 Å². The first-order valence-electron chi connectivity index (χ1n) is 7.33. The summed E-state index contributed by atoms with van der Waals surface area (Å²) in [6, 6.07) is 1.92. The van der Waals surface area contributed by atoms with E-state index >= 15 is 0 Å².